The van der Waals surface area contributed by atoms with Gasteiger partial charge in [-0.05, 0) is 56.4 Å². The number of alkyl halides is 3. The van der Waals surface area contributed by atoms with Crippen molar-refractivity contribution >= 4 is 56.5 Å². The Kier molecular flexibility index (Phi) is 5.96. The number of fused-ring (bicyclic) bond motifs is 3. The monoisotopic (exact) mass is 471 g/mol. The molecular formula is C20H17ClF3N3OS2. The van der Waals surface area contributed by atoms with Gasteiger partial charge in [-0.15, -0.1) is 11.3 Å². The number of nitrogens with zero attached hydrogens (tertiary/aromatic N) is 2. The number of halogens is 4. The summed E-state index contributed by atoms with van der Waals surface area (Å²) in [5.74, 6) is 0.0122. The van der Waals surface area contributed by atoms with Crippen LogP contribution in [0.1, 0.15) is 34.7 Å². The first-order valence-corrected chi connectivity index (χ1v) is 11.5. The molecule has 0 fully saturated rings. The summed E-state index contributed by atoms with van der Waals surface area (Å²) < 4.78 is 39.7. The standard InChI is InChI=1S/C20H17ClF3N3OS2/c1-10-25-18(17-12-4-2-3-5-15(12)30-19(17)26-10)29-9-16(28)27-14-7-6-11(21)8-13(14)20(22,23)24/h6-8H,2-5,9H2,1H3,(H,27,28). The number of aromatic nitrogens is 2. The number of rotatable bonds is 4. The van der Waals surface area contributed by atoms with Gasteiger partial charge in [0.15, 0.2) is 0 Å². The molecule has 2 aromatic heterocycles. The van der Waals surface area contributed by atoms with Crippen LogP contribution in [0.25, 0.3) is 10.2 Å². The maximum absolute atomic E-state index is 13.2. The first-order chi connectivity index (χ1) is 14.2. The van der Waals surface area contributed by atoms with Crippen LogP contribution in [0.2, 0.25) is 5.02 Å². The van der Waals surface area contributed by atoms with Crippen molar-refractivity contribution in [1.82, 2.24) is 9.97 Å². The molecule has 3 aromatic rings. The van der Waals surface area contributed by atoms with E-state index in [0.29, 0.717) is 10.9 Å². The number of amides is 1. The van der Waals surface area contributed by atoms with Crippen molar-refractivity contribution in [2.24, 2.45) is 0 Å². The minimum Gasteiger partial charge on any atom is -0.325 e. The van der Waals surface area contributed by atoms with Crippen LogP contribution in [-0.2, 0) is 23.8 Å². The van der Waals surface area contributed by atoms with Crippen molar-refractivity contribution in [3.8, 4) is 0 Å². The van der Waals surface area contributed by atoms with Crippen molar-refractivity contribution in [3.05, 3.63) is 45.1 Å². The third-order valence-electron chi connectivity index (χ3n) is 4.79. The topological polar surface area (TPSA) is 54.9 Å². The Morgan fingerprint density at radius 1 is 1.27 bits per heavy atom. The lowest BCUT2D eigenvalue weighted by Gasteiger charge is -2.14. The van der Waals surface area contributed by atoms with Gasteiger partial charge in [0, 0.05) is 15.3 Å². The number of benzene rings is 1. The summed E-state index contributed by atoms with van der Waals surface area (Å²) in [6.07, 6.45) is -0.377. The smallest absolute Gasteiger partial charge is 0.325 e. The molecule has 0 aliphatic heterocycles. The van der Waals surface area contributed by atoms with Crippen molar-refractivity contribution < 1.29 is 18.0 Å². The van der Waals surface area contributed by atoms with Gasteiger partial charge in [0.1, 0.15) is 15.7 Å². The van der Waals surface area contributed by atoms with Gasteiger partial charge < -0.3 is 5.32 Å². The van der Waals surface area contributed by atoms with E-state index >= 15 is 0 Å². The molecule has 0 spiro atoms. The Bertz CT molecular complexity index is 1130. The fourth-order valence-electron chi connectivity index (χ4n) is 3.51. The lowest BCUT2D eigenvalue weighted by Crippen LogP contribution is -2.18. The molecule has 1 N–H and O–H groups in total. The molecule has 0 saturated heterocycles. The van der Waals surface area contributed by atoms with Crippen molar-refractivity contribution in [3.63, 3.8) is 0 Å². The lowest BCUT2D eigenvalue weighted by molar-refractivity contribution is -0.137. The lowest BCUT2D eigenvalue weighted by atomic mass is 9.97. The van der Waals surface area contributed by atoms with Crippen LogP contribution in [0.3, 0.4) is 0 Å². The SMILES string of the molecule is Cc1nc(SCC(=O)Nc2ccc(Cl)cc2C(F)(F)F)c2c3c(sc2n1)CCCC3. The van der Waals surface area contributed by atoms with Gasteiger partial charge in [-0.2, -0.15) is 13.2 Å². The highest BCUT2D eigenvalue weighted by Gasteiger charge is 2.34. The number of hydrogen-bond donors (Lipinski definition) is 1. The normalized spacial score (nSPS) is 14.0. The largest absolute Gasteiger partial charge is 0.418 e. The summed E-state index contributed by atoms with van der Waals surface area (Å²) >= 11 is 8.58. The Morgan fingerprint density at radius 2 is 2.03 bits per heavy atom. The molecular weight excluding hydrogens is 455 g/mol. The molecule has 1 aliphatic rings. The molecule has 0 bridgehead atoms. The van der Waals surface area contributed by atoms with Gasteiger partial charge in [-0.3, -0.25) is 4.79 Å². The van der Waals surface area contributed by atoms with E-state index in [0.717, 1.165) is 48.0 Å². The molecule has 0 unspecified atom stereocenters. The maximum atomic E-state index is 13.2. The number of nitrogens with one attached hydrogen (secondary N) is 1. The number of thiophene rings is 1. The highest BCUT2D eigenvalue weighted by molar-refractivity contribution is 8.00. The zero-order chi connectivity index (χ0) is 21.5. The number of hydrogen-bond acceptors (Lipinski definition) is 5. The molecule has 4 rings (SSSR count). The highest BCUT2D eigenvalue weighted by Crippen LogP contribution is 2.40. The maximum Gasteiger partial charge on any atom is 0.418 e. The molecule has 1 aliphatic carbocycles. The molecule has 4 nitrogen and oxygen atoms in total. The van der Waals surface area contributed by atoms with E-state index in [-0.39, 0.29) is 16.5 Å². The molecule has 30 heavy (non-hydrogen) atoms. The van der Waals surface area contributed by atoms with Gasteiger partial charge in [0.25, 0.3) is 0 Å². The Balaban J connectivity index is 1.55. The zero-order valence-electron chi connectivity index (χ0n) is 15.9. The van der Waals surface area contributed by atoms with Gasteiger partial charge >= 0.3 is 6.18 Å². The fourth-order valence-corrected chi connectivity index (χ4v) is 5.95. The average molecular weight is 472 g/mol. The van der Waals surface area contributed by atoms with Gasteiger partial charge in [-0.25, -0.2) is 9.97 Å². The van der Waals surface area contributed by atoms with Crippen LogP contribution in [0.5, 0.6) is 0 Å². The van der Waals surface area contributed by atoms with Crippen LogP contribution in [0.4, 0.5) is 18.9 Å². The van der Waals surface area contributed by atoms with Gasteiger partial charge in [0.2, 0.25) is 5.91 Å². The molecule has 0 atom stereocenters. The summed E-state index contributed by atoms with van der Waals surface area (Å²) in [5.41, 5.74) is -0.0313. The van der Waals surface area contributed by atoms with Crippen molar-refractivity contribution in [2.75, 3.05) is 11.1 Å². The molecule has 0 radical (unpaired) electrons. The van der Waals surface area contributed by atoms with Crippen LogP contribution in [0, 0.1) is 6.92 Å². The van der Waals surface area contributed by atoms with E-state index in [1.807, 2.05) is 0 Å². The molecule has 10 heteroatoms. The molecule has 2 heterocycles. The van der Waals surface area contributed by atoms with Crippen molar-refractivity contribution in [2.45, 2.75) is 43.8 Å². The predicted molar refractivity (Wildman–Crippen MR) is 115 cm³/mol. The summed E-state index contributed by atoms with van der Waals surface area (Å²) in [7, 11) is 0. The second-order valence-electron chi connectivity index (χ2n) is 6.99. The minimum atomic E-state index is -4.62. The average Bonchev–Trinajstić information content (AvgIpc) is 3.04. The summed E-state index contributed by atoms with van der Waals surface area (Å²) in [6, 6.07) is 3.28. The third kappa shape index (κ3) is 4.43. The third-order valence-corrected chi connectivity index (χ3v) is 7.19. The van der Waals surface area contributed by atoms with Crippen LogP contribution in [-0.4, -0.2) is 21.6 Å². The molecule has 1 aromatic carbocycles. The number of anilines is 1. The second kappa shape index (κ2) is 8.36. The zero-order valence-corrected chi connectivity index (χ0v) is 18.3. The highest BCUT2D eigenvalue weighted by atomic mass is 35.5. The van der Waals surface area contributed by atoms with Gasteiger partial charge in [-0.1, -0.05) is 23.4 Å². The predicted octanol–water partition coefficient (Wildman–Crippen LogP) is 6.28. The number of thioether (sulfide) groups is 1. The minimum absolute atomic E-state index is 0.0456. The first-order valence-electron chi connectivity index (χ1n) is 9.30. The Labute approximate surface area is 184 Å². The van der Waals surface area contributed by atoms with E-state index in [9.17, 15) is 18.0 Å². The van der Waals surface area contributed by atoms with E-state index in [2.05, 4.69) is 15.3 Å². The number of aryl methyl sites for hydroxylation is 3. The van der Waals surface area contributed by atoms with E-state index < -0.39 is 17.6 Å². The second-order valence-corrected chi connectivity index (χ2v) is 9.48. The molecule has 158 valence electrons. The van der Waals surface area contributed by atoms with E-state index in [4.69, 9.17) is 11.6 Å². The fraction of sp³-hybridized carbons (Fsp3) is 0.350. The first kappa shape index (κ1) is 21.4. The summed E-state index contributed by atoms with van der Waals surface area (Å²) in [5, 5.41) is 4.00. The summed E-state index contributed by atoms with van der Waals surface area (Å²) in [6.45, 7) is 1.80. The Hall–Kier alpha value is -1.84. The quantitative estimate of drug-likeness (QED) is 0.359. The number of carbonyl (C=O) groups excluding carboxylic acids is 1. The van der Waals surface area contributed by atoms with Crippen LogP contribution < -0.4 is 5.32 Å². The van der Waals surface area contributed by atoms with Crippen LogP contribution in [0.15, 0.2) is 23.2 Å². The van der Waals surface area contributed by atoms with Crippen LogP contribution >= 0.6 is 34.7 Å². The molecule has 0 saturated carbocycles. The molecule has 1 amide bonds. The Morgan fingerprint density at radius 3 is 2.80 bits per heavy atom. The van der Waals surface area contributed by atoms with E-state index in [1.165, 1.54) is 28.3 Å². The van der Waals surface area contributed by atoms with Gasteiger partial charge in [0.05, 0.1) is 17.0 Å². The summed E-state index contributed by atoms with van der Waals surface area (Å²) in [4.78, 5) is 23.7. The number of carbonyl (C=O) groups is 1. The van der Waals surface area contributed by atoms with Crippen molar-refractivity contribution in [1.29, 1.82) is 0 Å². The van der Waals surface area contributed by atoms with E-state index in [1.54, 1.807) is 18.3 Å².